The number of halogens is 1. The van der Waals surface area contributed by atoms with Gasteiger partial charge in [0.1, 0.15) is 5.75 Å². The van der Waals surface area contributed by atoms with Gasteiger partial charge in [0.25, 0.3) is 5.91 Å². The quantitative estimate of drug-likeness (QED) is 0.819. The number of rotatable bonds is 5. The number of para-hydroxylation sites is 1. The van der Waals surface area contributed by atoms with Gasteiger partial charge in [0.2, 0.25) is 0 Å². The molecule has 0 unspecified atom stereocenters. The number of allylic oxidation sites excluding steroid dienone is 2. The van der Waals surface area contributed by atoms with Crippen molar-refractivity contribution in [2.24, 2.45) is 0 Å². The van der Waals surface area contributed by atoms with E-state index in [0.29, 0.717) is 5.75 Å². The smallest absolute Gasteiger partial charge is 0.276 e. The summed E-state index contributed by atoms with van der Waals surface area (Å²) in [7, 11) is 0. The Labute approximate surface area is 121 Å². The molecule has 0 fully saturated rings. The van der Waals surface area contributed by atoms with Crippen LogP contribution in [0, 0.1) is 0 Å². The fourth-order valence-electron chi connectivity index (χ4n) is 1.84. The summed E-state index contributed by atoms with van der Waals surface area (Å²) < 4.78 is 6.26. The van der Waals surface area contributed by atoms with Crippen LogP contribution in [-0.2, 0) is 4.79 Å². The Morgan fingerprint density at radius 2 is 2.16 bits per heavy atom. The standard InChI is InChI=1S/C14H17BrN2O2/c15-12-8-4-5-9-13(12)19-10-14(18)17-16-11-6-2-1-3-7-11/h4-6,8-9,16H,1-3,7,10H2,(H,17,18). The monoisotopic (exact) mass is 324 g/mol. The summed E-state index contributed by atoms with van der Waals surface area (Å²) in [6.07, 6.45) is 6.59. The molecule has 0 heterocycles. The molecule has 0 spiro atoms. The van der Waals surface area contributed by atoms with Gasteiger partial charge in [-0.3, -0.25) is 10.2 Å². The SMILES string of the molecule is O=C(COc1ccccc1Br)NNC1=CCCCC1. The highest BCUT2D eigenvalue weighted by atomic mass is 79.9. The third kappa shape index (κ3) is 4.59. The van der Waals surface area contributed by atoms with E-state index < -0.39 is 0 Å². The van der Waals surface area contributed by atoms with Gasteiger partial charge in [-0.2, -0.15) is 0 Å². The lowest BCUT2D eigenvalue weighted by atomic mass is 10.1. The van der Waals surface area contributed by atoms with Crippen molar-refractivity contribution in [3.8, 4) is 5.75 Å². The number of carbonyl (C=O) groups excluding carboxylic acids is 1. The number of carbonyl (C=O) groups is 1. The Bertz CT molecular complexity index is 474. The van der Waals surface area contributed by atoms with Crippen LogP contribution in [0.15, 0.2) is 40.5 Å². The van der Waals surface area contributed by atoms with Crippen molar-refractivity contribution in [3.63, 3.8) is 0 Å². The van der Waals surface area contributed by atoms with Gasteiger partial charge < -0.3 is 10.2 Å². The van der Waals surface area contributed by atoms with Gasteiger partial charge in [0, 0.05) is 5.70 Å². The molecular formula is C14H17BrN2O2. The van der Waals surface area contributed by atoms with Crippen LogP contribution in [0.3, 0.4) is 0 Å². The minimum Gasteiger partial charge on any atom is -0.483 e. The maximum absolute atomic E-state index is 11.6. The lowest BCUT2D eigenvalue weighted by Crippen LogP contribution is -2.40. The fraction of sp³-hybridized carbons (Fsp3) is 0.357. The topological polar surface area (TPSA) is 50.4 Å². The first-order valence-electron chi connectivity index (χ1n) is 6.37. The van der Waals surface area contributed by atoms with Gasteiger partial charge in [-0.05, 0) is 53.7 Å². The minimum atomic E-state index is -0.192. The first kappa shape index (κ1) is 13.9. The summed E-state index contributed by atoms with van der Waals surface area (Å²) in [6, 6.07) is 7.45. The van der Waals surface area contributed by atoms with Gasteiger partial charge in [0.05, 0.1) is 4.47 Å². The van der Waals surface area contributed by atoms with Crippen molar-refractivity contribution in [2.45, 2.75) is 25.7 Å². The summed E-state index contributed by atoms with van der Waals surface area (Å²) in [4.78, 5) is 11.6. The molecule has 1 aromatic carbocycles. The van der Waals surface area contributed by atoms with Crippen LogP contribution in [-0.4, -0.2) is 12.5 Å². The molecule has 0 aromatic heterocycles. The summed E-state index contributed by atoms with van der Waals surface area (Å²) in [6.45, 7) is -0.0110. The molecule has 0 saturated heterocycles. The normalized spacial score (nSPS) is 14.5. The molecule has 1 amide bonds. The van der Waals surface area contributed by atoms with E-state index in [1.807, 2.05) is 24.3 Å². The van der Waals surface area contributed by atoms with Crippen LogP contribution in [0.4, 0.5) is 0 Å². The first-order chi connectivity index (χ1) is 9.25. The van der Waals surface area contributed by atoms with E-state index in [-0.39, 0.29) is 12.5 Å². The van der Waals surface area contributed by atoms with Crippen LogP contribution in [0.25, 0.3) is 0 Å². The number of hydrogen-bond acceptors (Lipinski definition) is 3. The third-order valence-corrected chi connectivity index (χ3v) is 3.50. The molecule has 1 aromatic rings. The predicted octanol–water partition coefficient (Wildman–Crippen LogP) is 2.91. The van der Waals surface area contributed by atoms with Crippen molar-refractivity contribution in [1.29, 1.82) is 0 Å². The van der Waals surface area contributed by atoms with E-state index in [2.05, 4.69) is 32.9 Å². The molecule has 102 valence electrons. The summed E-state index contributed by atoms with van der Waals surface area (Å²) >= 11 is 3.37. The highest BCUT2D eigenvalue weighted by molar-refractivity contribution is 9.10. The van der Waals surface area contributed by atoms with E-state index in [0.717, 1.165) is 23.0 Å². The van der Waals surface area contributed by atoms with E-state index in [9.17, 15) is 4.79 Å². The largest absolute Gasteiger partial charge is 0.483 e. The molecule has 19 heavy (non-hydrogen) atoms. The zero-order valence-electron chi connectivity index (χ0n) is 10.6. The zero-order chi connectivity index (χ0) is 13.5. The number of amides is 1. The van der Waals surface area contributed by atoms with Gasteiger partial charge in [-0.25, -0.2) is 0 Å². The Morgan fingerprint density at radius 3 is 2.89 bits per heavy atom. The maximum Gasteiger partial charge on any atom is 0.276 e. The second kappa shape index (κ2) is 7.19. The van der Waals surface area contributed by atoms with Gasteiger partial charge >= 0.3 is 0 Å². The van der Waals surface area contributed by atoms with E-state index in [1.165, 1.54) is 12.8 Å². The molecular weight excluding hydrogens is 308 g/mol. The van der Waals surface area contributed by atoms with E-state index in [4.69, 9.17) is 4.74 Å². The molecule has 0 aliphatic heterocycles. The molecule has 1 aliphatic rings. The second-order valence-electron chi connectivity index (χ2n) is 4.37. The minimum absolute atomic E-state index is 0.0110. The Balaban J connectivity index is 1.73. The first-order valence-corrected chi connectivity index (χ1v) is 7.16. The fourth-order valence-corrected chi connectivity index (χ4v) is 2.24. The van der Waals surface area contributed by atoms with Crippen LogP contribution < -0.4 is 15.6 Å². The van der Waals surface area contributed by atoms with Crippen LogP contribution in [0.1, 0.15) is 25.7 Å². The van der Waals surface area contributed by atoms with Gasteiger partial charge in [-0.1, -0.05) is 18.2 Å². The van der Waals surface area contributed by atoms with Crippen molar-refractivity contribution >= 4 is 21.8 Å². The van der Waals surface area contributed by atoms with Crippen molar-refractivity contribution in [3.05, 3.63) is 40.5 Å². The molecule has 4 nitrogen and oxygen atoms in total. The number of benzene rings is 1. The van der Waals surface area contributed by atoms with Gasteiger partial charge in [0.15, 0.2) is 6.61 Å². The summed E-state index contributed by atoms with van der Waals surface area (Å²) in [5.41, 5.74) is 6.67. The Hall–Kier alpha value is -1.49. The van der Waals surface area contributed by atoms with Crippen LogP contribution in [0.5, 0.6) is 5.75 Å². The lowest BCUT2D eigenvalue weighted by molar-refractivity contribution is -0.123. The molecule has 0 saturated carbocycles. The molecule has 0 radical (unpaired) electrons. The predicted molar refractivity (Wildman–Crippen MR) is 77.5 cm³/mol. The maximum atomic E-state index is 11.6. The van der Waals surface area contributed by atoms with Crippen molar-refractivity contribution in [2.75, 3.05) is 6.61 Å². The third-order valence-electron chi connectivity index (χ3n) is 2.85. The second-order valence-corrected chi connectivity index (χ2v) is 5.22. The average Bonchev–Trinajstić information content (AvgIpc) is 2.45. The van der Waals surface area contributed by atoms with Gasteiger partial charge in [-0.15, -0.1) is 0 Å². The number of nitrogens with one attached hydrogen (secondary N) is 2. The highest BCUT2D eigenvalue weighted by Gasteiger charge is 2.07. The molecule has 0 atom stereocenters. The Morgan fingerprint density at radius 1 is 1.32 bits per heavy atom. The highest BCUT2D eigenvalue weighted by Crippen LogP contribution is 2.23. The van der Waals surface area contributed by atoms with E-state index >= 15 is 0 Å². The summed E-state index contributed by atoms with van der Waals surface area (Å²) in [5.74, 6) is 0.469. The van der Waals surface area contributed by atoms with Crippen LogP contribution in [0.2, 0.25) is 0 Å². The summed E-state index contributed by atoms with van der Waals surface area (Å²) in [5, 5.41) is 0. The number of ether oxygens (including phenoxy) is 1. The molecule has 2 rings (SSSR count). The molecule has 1 aliphatic carbocycles. The molecule has 2 N–H and O–H groups in total. The van der Waals surface area contributed by atoms with Crippen molar-refractivity contribution in [1.82, 2.24) is 10.9 Å². The van der Waals surface area contributed by atoms with E-state index in [1.54, 1.807) is 0 Å². The number of hydrogen-bond donors (Lipinski definition) is 2. The van der Waals surface area contributed by atoms with Crippen LogP contribution >= 0.6 is 15.9 Å². The van der Waals surface area contributed by atoms with Crippen molar-refractivity contribution < 1.29 is 9.53 Å². The number of hydrazine groups is 1. The average molecular weight is 325 g/mol. The Kier molecular flexibility index (Phi) is 5.27. The zero-order valence-corrected chi connectivity index (χ0v) is 12.2. The molecule has 5 heteroatoms. The molecule has 0 bridgehead atoms. The lowest BCUT2D eigenvalue weighted by Gasteiger charge is -2.15.